The van der Waals surface area contributed by atoms with Gasteiger partial charge in [-0.2, -0.15) is 0 Å². The highest BCUT2D eigenvalue weighted by Gasteiger charge is 2.33. The number of aliphatic hydroxyl groups excluding tert-OH is 1. The normalized spacial score (nSPS) is 14.5. The summed E-state index contributed by atoms with van der Waals surface area (Å²) in [7, 11) is 0. The Morgan fingerprint density at radius 2 is 1.10 bits per heavy atom. The Morgan fingerprint density at radius 3 is 1.55 bits per heavy atom. The highest BCUT2D eigenvalue weighted by atomic mass is 16.4. The van der Waals surface area contributed by atoms with Crippen molar-refractivity contribution in [2.24, 2.45) is 17.4 Å². The fraction of sp³-hybridized carbons (Fsp3) is 0.636. The van der Waals surface area contributed by atoms with Crippen molar-refractivity contribution in [3.05, 3.63) is 0 Å². The molecule has 5 atom stereocenters. The molecule has 0 rings (SSSR count). The first-order valence-electron chi connectivity index (χ1n) is 12.0. The Bertz CT molecular complexity index is 972. The molecular formula is C22H36N6O12. The van der Waals surface area contributed by atoms with Gasteiger partial charge in [0.2, 0.25) is 29.5 Å². The summed E-state index contributed by atoms with van der Waals surface area (Å²) >= 11 is 0. The third kappa shape index (κ3) is 13.5. The van der Waals surface area contributed by atoms with Gasteiger partial charge in [-0.1, -0.05) is 13.8 Å². The second-order valence-corrected chi connectivity index (χ2v) is 9.07. The maximum Gasteiger partial charge on any atom is 0.326 e. The molecule has 0 radical (unpaired) electrons. The van der Waals surface area contributed by atoms with Crippen LogP contribution in [0.4, 0.5) is 0 Å². The van der Waals surface area contributed by atoms with Gasteiger partial charge in [0.1, 0.15) is 24.2 Å². The van der Waals surface area contributed by atoms with Gasteiger partial charge in [-0.15, -0.1) is 0 Å². The summed E-state index contributed by atoms with van der Waals surface area (Å²) in [5.41, 5.74) is 10.7. The van der Waals surface area contributed by atoms with Crippen molar-refractivity contribution < 1.29 is 58.8 Å². The Morgan fingerprint density at radius 1 is 0.650 bits per heavy atom. The molecule has 0 aromatic carbocycles. The van der Waals surface area contributed by atoms with Crippen LogP contribution < -0.4 is 32.7 Å². The molecule has 0 unspecified atom stereocenters. The molecule has 0 aromatic rings. The summed E-state index contributed by atoms with van der Waals surface area (Å²) < 4.78 is 0. The molecular weight excluding hydrogens is 540 g/mol. The van der Waals surface area contributed by atoms with Crippen LogP contribution in [0.5, 0.6) is 0 Å². The number of carboxylic acids is 3. The van der Waals surface area contributed by atoms with Gasteiger partial charge in [-0.25, -0.2) is 4.79 Å². The van der Waals surface area contributed by atoms with E-state index in [1.54, 1.807) is 13.8 Å². The highest BCUT2D eigenvalue weighted by Crippen LogP contribution is 2.05. The number of carbonyl (C=O) groups excluding carboxylic acids is 5. The topological polar surface area (TPSA) is 318 Å². The average molecular weight is 577 g/mol. The number of hydrogen-bond donors (Lipinski definition) is 10. The summed E-state index contributed by atoms with van der Waals surface area (Å²) in [6, 6.07) is -7.89. The smallest absolute Gasteiger partial charge is 0.326 e. The van der Waals surface area contributed by atoms with E-state index in [-0.39, 0.29) is 5.92 Å². The molecule has 226 valence electrons. The quantitative estimate of drug-likeness (QED) is 0.0695. The van der Waals surface area contributed by atoms with E-state index in [0.29, 0.717) is 0 Å². The Hall–Kier alpha value is -4.32. The van der Waals surface area contributed by atoms with E-state index >= 15 is 0 Å². The number of aliphatic hydroxyl groups is 1. The minimum atomic E-state index is -1.88. The first-order valence-corrected chi connectivity index (χ1v) is 12.0. The van der Waals surface area contributed by atoms with Gasteiger partial charge in [0.15, 0.2) is 0 Å². The van der Waals surface area contributed by atoms with Crippen LogP contribution in [-0.2, 0) is 38.4 Å². The van der Waals surface area contributed by atoms with Crippen molar-refractivity contribution in [2.45, 2.75) is 76.2 Å². The zero-order valence-electron chi connectivity index (χ0n) is 21.9. The van der Waals surface area contributed by atoms with E-state index in [9.17, 15) is 53.7 Å². The average Bonchev–Trinajstić information content (AvgIpc) is 2.85. The predicted molar refractivity (Wildman–Crippen MR) is 133 cm³/mol. The van der Waals surface area contributed by atoms with Gasteiger partial charge in [0, 0.05) is 12.8 Å². The Balaban J connectivity index is 5.71. The van der Waals surface area contributed by atoms with Gasteiger partial charge in [0.25, 0.3) is 0 Å². The molecule has 12 N–H and O–H groups in total. The van der Waals surface area contributed by atoms with Gasteiger partial charge in [-0.05, 0) is 18.8 Å². The summed E-state index contributed by atoms with van der Waals surface area (Å²) in [6.07, 6.45) is -2.86. The number of carboxylic acid groups (broad SMARTS) is 3. The maximum atomic E-state index is 12.9. The number of amides is 5. The number of primary amides is 1. The van der Waals surface area contributed by atoms with Gasteiger partial charge in [-0.3, -0.25) is 33.6 Å². The van der Waals surface area contributed by atoms with Crippen LogP contribution in [0.2, 0.25) is 0 Å². The molecule has 40 heavy (non-hydrogen) atoms. The largest absolute Gasteiger partial charge is 0.481 e. The van der Waals surface area contributed by atoms with Crippen LogP contribution in [0.25, 0.3) is 0 Å². The van der Waals surface area contributed by atoms with Crippen LogP contribution in [-0.4, -0.2) is 105 Å². The van der Waals surface area contributed by atoms with E-state index < -0.39 is 116 Å². The minimum Gasteiger partial charge on any atom is -0.481 e. The lowest BCUT2D eigenvalue weighted by Gasteiger charge is -2.25. The highest BCUT2D eigenvalue weighted by molar-refractivity contribution is 5.97. The summed E-state index contributed by atoms with van der Waals surface area (Å²) in [6.45, 7) is 2.17. The standard InChI is InChI=1S/C22H36N6O12/c1-9(2)17(24)21(38)25-10(4-6-15(31)32)18(35)27-12(7-16(33)34)19(36)28-13(8-29)20(37)26-11(22(39)40)3-5-14(23)30/h9-13,17,29H,3-8,24H2,1-2H3,(H2,23,30)(H,25,38)(H,26,37)(H,27,35)(H,28,36)(H,31,32)(H,33,34)(H,39,40)/t10-,11-,12-,13-,17-/m0/s1. The molecule has 0 aliphatic heterocycles. The van der Waals surface area contributed by atoms with Crippen molar-refractivity contribution in [1.82, 2.24) is 21.3 Å². The predicted octanol–water partition coefficient (Wildman–Crippen LogP) is -4.41. The monoisotopic (exact) mass is 576 g/mol. The van der Waals surface area contributed by atoms with Crippen molar-refractivity contribution >= 4 is 47.4 Å². The second kappa shape index (κ2) is 17.3. The Kier molecular flexibility index (Phi) is 15.4. The zero-order chi connectivity index (χ0) is 31.2. The van der Waals surface area contributed by atoms with Crippen LogP contribution in [0.3, 0.4) is 0 Å². The molecule has 18 nitrogen and oxygen atoms in total. The third-order valence-electron chi connectivity index (χ3n) is 5.42. The fourth-order valence-corrected chi connectivity index (χ4v) is 3.05. The Labute approximate surface area is 228 Å². The van der Waals surface area contributed by atoms with Gasteiger partial charge in [0.05, 0.1) is 19.1 Å². The molecule has 18 heteroatoms. The molecule has 0 aromatic heterocycles. The van der Waals surface area contributed by atoms with E-state index in [2.05, 4.69) is 10.6 Å². The summed E-state index contributed by atoms with van der Waals surface area (Å²) in [5, 5.41) is 45.2. The van der Waals surface area contributed by atoms with E-state index in [1.165, 1.54) is 0 Å². The van der Waals surface area contributed by atoms with Gasteiger partial charge >= 0.3 is 17.9 Å². The summed E-state index contributed by atoms with van der Waals surface area (Å²) in [4.78, 5) is 95.0. The number of nitrogens with two attached hydrogens (primary N) is 2. The number of nitrogens with one attached hydrogen (secondary N) is 4. The van der Waals surface area contributed by atoms with Crippen molar-refractivity contribution in [3.63, 3.8) is 0 Å². The molecule has 0 saturated carbocycles. The second-order valence-electron chi connectivity index (χ2n) is 9.07. The molecule has 0 spiro atoms. The van der Waals surface area contributed by atoms with E-state index in [4.69, 9.17) is 16.6 Å². The first-order chi connectivity index (χ1) is 18.5. The van der Waals surface area contributed by atoms with Crippen molar-refractivity contribution in [3.8, 4) is 0 Å². The fourth-order valence-electron chi connectivity index (χ4n) is 3.05. The molecule has 0 heterocycles. The number of hydrogen-bond acceptors (Lipinski definition) is 10. The molecule has 5 amide bonds. The molecule has 0 aliphatic rings. The third-order valence-corrected chi connectivity index (χ3v) is 5.42. The first kappa shape index (κ1) is 35.7. The van der Waals surface area contributed by atoms with Crippen molar-refractivity contribution in [2.75, 3.05) is 6.61 Å². The summed E-state index contributed by atoms with van der Waals surface area (Å²) in [5.74, 6) is -10.0. The van der Waals surface area contributed by atoms with E-state index in [0.717, 1.165) is 0 Å². The van der Waals surface area contributed by atoms with Crippen molar-refractivity contribution in [1.29, 1.82) is 0 Å². The van der Waals surface area contributed by atoms with E-state index in [1.807, 2.05) is 10.6 Å². The lowest BCUT2D eigenvalue weighted by molar-refractivity contribution is -0.144. The maximum absolute atomic E-state index is 12.9. The number of aliphatic carboxylic acids is 3. The lowest BCUT2D eigenvalue weighted by atomic mass is 10.0. The SMILES string of the molecule is CC(C)[C@H](N)C(=O)N[C@@H](CCC(=O)O)C(=O)N[C@@H](CC(=O)O)C(=O)N[C@@H](CO)C(=O)N[C@@H](CCC(N)=O)C(=O)O. The zero-order valence-corrected chi connectivity index (χ0v) is 21.9. The number of carbonyl (C=O) groups is 8. The van der Waals surface area contributed by atoms with Crippen LogP contribution in [0, 0.1) is 5.92 Å². The number of rotatable bonds is 19. The molecule has 0 saturated heterocycles. The van der Waals surface area contributed by atoms with Crippen LogP contribution in [0.15, 0.2) is 0 Å². The lowest BCUT2D eigenvalue weighted by Crippen LogP contribution is -2.59. The van der Waals surface area contributed by atoms with Crippen LogP contribution >= 0.6 is 0 Å². The molecule has 0 bridgehead atoms. The van der Waals surface area contributed by atoms with Gasteiger partial charge < -0.3 is 53.2 Å². The molecule has 0 fully saturated rings. The molecule has 0 aliphatic carbocycles. The van der Waals surface area contributed by atoms with Crippen LogP contribution in [0.1, 0.15) is 46.0 Å². The minimum absolute atomic E-state index is 0.355.